The van der Waals surface area contributed by atoms with E-state index in [-0.39, 0.29) is 0 Å². The third-order valence-electron chi connectivity index (χ3n) is 2.31. The average Bonchev–Trinajstić information content (AvgIpc) is 2.79. The highest BCUT2D eigenvalue weighted by Crippen LogP contribution is 2.33. The molecular formula is C8H12ClNO. The Balaban J connectivity index is 1.83. The summed E-state index contributed by atoms with van der Waals surface area (Å²) in [6.45, 7) is 2.92. The van der Waals surface area contributed by atoms with E-state index in [0.29, 0.717) is 12.1 Å². The van der Waals surface area contributed by atoms with Gasteiger partial charge in [-0.3, -0.25) is 4.90 Å². The molecule has 0 aromatic heterocycles. The zero-order valence-corrected chi connectivity index (χ0v) is 7.13. The first kappa shape index (κ1) is 7.59. The maximum Gasteiger partial charge on any atom is 0.0747 e. The fourth-order valence-electron chi connectivity index (χ4n) is 1.61. The molecule has 1 aliphatic heterocycles. The molecule has 0 aromatic carbocycles. The molecule has 0 bridgehead atoms. The van der Waals surface area contributed by atoms with Crippen molar-refractivity contribution in [3.63, 3.8) is 0 Å². The summed E-state index contributed by atoms with van der Waals surface area (Å²) >= 11 is 5.44. The molecular weight excluding hydrogens is 162 g/mol. The molecule has 2 unspecified atom stereocenters. The molecule has 1 saturated heterocycles. The third kappa shape index (κ3) is 1.58. The van der Waals surface area contributed by atoms with E-state index in [4.69, 9.17) is 16.3 Å². The minimum absolute atomic E-state index is 0.535. The predicted molar refractivity (Wildman–Crippen MR) is 44.7 cm³/mol. The number of rotatable bonds is 2. The monoisotopic (exact) mass is 173 g/mol. The molecule has 0 radical (unpaired) electrons. The molecule has 2 atom stereocenters. The van der Waals surface area contributed by atoms with Crippen molar-refractivity contribution in [3.05, 3.63) is 11.6 Å². The number of fused-ring (bicyclic) bond motifs is 1. The van der Waals surface area contributed by atoms with Crippen LogP contribution in [0.4, 0.5) is 0 Å². The summed E-state index contributed by atoms with van der Waals surface area (Å²) < 4.78 is 5.46. The van der Waals surface area contributed by atoms with Gasteiger partial charge in [0.1, 0.15) is 0 Å². The molecule has 1 aliphatic carbocycles. The van der Waals surface area contributed by atoms with Gasteiger partial charge in [0.05, 0.1) is 12.7 Å². The van der Waals surface area contributed by atoms with Crippen molar-refractivity contribution in [3.8, 4) is 0 Å². The Kier molecular flexibility index (Phi) is 2.16. The van der Waals surface area contributed by atoms with Crippen molar-refractivity contribution in [1.82, 2.24) is 4.90 Å². The number of hydrogen-bond acceptors (Lipinski definition) is 2. The lowest BCUT2D eigenvalue weighted by Crippen LogP contribution is -2.36. The molecule has 2 fully saturated rings. The summed E-state index contributed by atoms with van der Waals surface area (Å²) in [4.78, 5) is 2.42. The van der Waals surface area contributed by atoms with Crippen molar-refractivity contribution in [2.45, 2.75) is 18.6 Å². The second-order valence-electron chi connectivity index (χ2n) is 3.07. The van der Waals surface area contributed by atoms with E-state index in [1.807, 2.05) is 6.08 Å². The van der Waals surface area contributed by atoms with E-state index in [9.17, 15) is 0 Å². The summed E-state index contributed by atoms with van der Waals surface area (Å²) in [7, 11) is 0. The molecule has 3 heteroatoms. The summed E-state index contributed by atoms with van der Waals surface area (Å²) in [6, 6.07) is 0.691. The SMILES string of the molecule is Cl/C=C/CN1CCOC2CC21. The molecule has 0 aromatic rings. The van der Waals surface area contributed by atoms with E-state index in [2.05, 4.69) is 4.90 Å². The Morgan fingerprint density at radius 1 is 1.64 bits per heavy atom. The molecule has 11 heavy (non-hydrogen) atoms. The predicted octanol–water partition coefficient (Wildman–Crippen LogP) is 1.21. The molecule has 2 nitrogen and oxygen atoms in total. The van der Waals surface area contributed by atoms with Gasteiger partial charge in [-0.25, -0.2) is 0 Å². The van der Waals surface area contributed by atoms with Crippen molar-refractivity contribution in [2.75, 3.05) is 19.7 Å². The van der Waals surface area contributed by atoms with Gasteiger partial charge in [-0.2, -0.15) is 0 Å². The lowest BCUT2D eigenvalue weighted by Gasteiger charge is -2.24. The van der Waals surface area contributed by atoms with E-state index in [1.54, 1.807) is 5.54 Å². The summed E-state index contributed by atoms with van der Waals surface area (Å²) in [5, 5.41) is 0. The van der Waals surface area contributed by atoms with Crippen LogP contribution in [-0.2, 0) is 4.74 Å². The van der Waals surface area contributed by atoms with E-state index in [1.165, 1.54) is 6.42 Å². The largest absolute Gasteiger partial charge is 0.375 e. The van der Waals surface area contributed by atoms with Crippen molar-refractivity contribution in [2.24, 2.45) is 0 Å². The molecule has 0 spiro atoms. The third-order valence-corrected chi connectivity index (χ3v) is 2.49. The first-order chi connectivity index (χ1) is 5.42. The maximum atomic E-state index is 5.46. The van der Waals surface area contributed by atoms with Gasteiger partial charge < -0.3 is 4.74 Å². The Bertz CT molecular complexity index is 171. The lowest BCUT2D eigenvalue weighted by atomic mass is 10.4. The van der Waals surface area contributed by atoms with Gasteiger partial charge >= 0.3 is 0 Å². The molecule has 2 aliphatic rings. The number of halogens is 1. The fourth-order valence-corrected chi connectivity index (χ4v) is 1.69. The minimum Gasteiger partial charge on any atom is -0.375 e. The van der Waals surface area contributed by atoms with Gasteiger partial charge in [0.2, 0.25) is 0 Å². The van der Waals surface area contributed by atoms with E-state index < -0.39 is 0 Å². The molecule has 62 valence electrons. The lowest BCUT2D eigenvalue weighted by molar-refractivity contribution is 0.0362. The van der Waals surface area contributed by atoms with Gasteiger partial charge in [-0.05, 0) is 6.42 Å². The molecule has 0 N–H and O–H groups in total. The van der Waals surface area contributed by atoms with Crippen LogP contribution in [0.5, 0.6) is 0 Å². The first-order valence-electron chi connectivity index (χ1n) is 4.02. The van der Waals surface area contributed by atoms with Crippen LogP contribution >= 0.6 is 11.6 Å². The Morgan fingerprint density at radius 2 is 2.55 bits per heavy atom. The van der Waals surface area contributed by atoms with Crippen molar-refractivity contribution >= 4 is 11.6 Å². The number of nitrogens with zero attached hydrogens (tertiary/aromatic N) is 1. The maximum absolute atomic E-state index is 5.46. The van der Waals surface area contributed by atoms with Crippen LogP contribution in [-0.4, -0.2) is 36.7 Å². The van der Waals surface area contributed by atoms with Gasteiger partial charge in [-0.1, -0.05) is 17.7 Å². The number of hydrogen-bond donors (Lipinski definition) is 0. The molecule has 2 rings (SSSR count). The second-order valence-corrected chi connectivity index (χ2v) is 3.32. The molecule has 1 saturated carbocycles. The van der Waals surface area contributed by atoms with Gasteiger partial charge in [0, 0.05) is 24.7 Å². The zero-order chi connectivity index (χ0) is 7.68. The Labute approximate surface area is 71.8 Å². The Morgan fingerprint density at radius 3 is 3.36 bits per heavy atom. The van der Waals surface area contributed by atoms with Crippen molar-refractivity contribution < 1.29 is 4.74 Å². The van der Waals surface area contributed by atoms with Gasteiger partial charge in [0.15, 0.2) is 0 Å². The average molecular weight is 174 g/mol. The highest BCUT2D eigenvalue weighted by Gasteiger charge is 2.44. The fraction of sp³-hybridized carbons (Fsp3) is 0.750. The van der Waals surface area contributed by atoms with Crippen LogP contribution in [0.15, 0.2) is 11.6 Å². The minimum atomic E-state index is 0.535. The van der Waals surface area contributed by atoms with Gasteiger partial charge in [0.25, 0.3) is 0 Å². The number of morpholine rings is 1. The van der Waals surface area contributed by atoms with Crippen molar-refractivity contribution in [1.29, 1.82) is 0 Å². The van der Waals surface area contributed by atoms with E-state index in [0.717, 1.165) is 19.7 Å². The summed E-state index contributed by atoms with van der Waals surface area (Å²) in [6.07, 6.45) is 3.74. The second kappa shape index (κ2) is 3.13. The van der Waals surface area contributed by atoms with Crippen LogP contribution in [0.1, 0.15) is 6.42 Å². The summed E-state index contributed by atoms with van der Waals surface area (Å²) in [5.41, 5.74) is 1.59. The smallest absolute Gasteiger partial charge is 0.0747 e. The van der Waals surface area contributed by atoms with Crippen LogP contribution in [0, 0.1) is 0 Å². The highest BCUT2D eigenvalue weighted by atomic mass is 35.5. The first-order valence-corrected chi connectivity index (χ1v) is 4.46. The highest BCUT2D eigenvalue weighted by molar-refractivity contribution is 6.25. The van der Waals surface area contributed by atoms with Crippen LogP contribution in [0.25, 0.3) is 0 Å². The quantitative estimate of drug-likeness (QED) is 0.623. The molecule has 1 heterocycles. The summed E-state index contributed by atoms with van der Waals surface area (Å²) in [5.74, 6) is 0. The number of ether oxygens (including phenoxy) is 1. The molecule has 0 amide bonds. The zero-order valence-electron chi connectivity index (χ0n) is 6.37. The Hall–Kier alpha value is -0.0500. The van der Waals surface area contributed by atoms with Crippen LogP contribution in [0.2, 0.25) is 0 Å². The standard InChI is InChI=1S/C8H12ClNO/c9-2-1-3-10-4-5-11-8-6-7(8)10/h1-2,7-8H,3-6H2/b2-1+. The van der Waals surface area contributed by atoms with Crippen LogP contribution < -0.4 is 0 Å². The van der Waals surface area contributed by atoms with Gasteiger partial charge in [-0.15, -0.1) is 0 Å². The van der Waals surface area contributed by atoms with E-state index >= 15 is 0 Å². The van der Waals surface area contributed by atoms with Crippen LogP contribution in [0.3, 0.4) is 0 Å². The normalized spacial score (nSPS) is 37.5. The topological polar surface area (TPSA) is 12.5 Å².